The topological polar surface area (TPSA) is 65.7 Å². The van der Waals surface area contributed by atoms with Crippen LogP contribution in [0.1, 0.15) is 80.0 Å². The van der Waals surface area contributed by atoms with E-state index in [0.717, 1.165) is 36.8 Å². The average Bonchev–Trinajstić information content (AvgIpc) is 3.31. The molecule has 1 saturated heterocycles. The summed E-state index contributed by atoms with van der Waals surface area (Å²) in [6.07, 6.45) is 9.21. The molecule has 1 aromatic heterocycles. The molecule has 2 aromatic rings. The molecule has 1 aromatic carbocycles. The molecular weight excluding hydrogens is 352 g/mol. The van der Waals surface area contributed by atoms with Gasteiger partial charge in [-0.2, -0.15) is 0 Å². The van der Waals surface area contributed by atoms with Crippen molar-refractivity contribution in [3.8, 4) is 5.75 Å². The van der Waals surface area contributed by atoms with Gasteiger partial charge in [-0.05, 0) is 57.7 Å². The van der Waals surface area contributed by atoms with Crippen LogP contribution in [0.25, 0.3) is 11.0 Å². The first kappa shape index (κ1) is 19.3. The van der Waals surface area contributed by atoms with Gasteiger partial charge in [-0.15, -0.1) is 0 Å². The highest BCUT2D eigenvalue weighted by Gasteiger charge is 2.28. The fourth-order valence-electron chi connectivity index (χ4n) is 5.06. The summed E-state index contributed by atoms with van der Waals surface area (Å²) in [6, 6.07) is 4.27. The lowest BCUT2D eigenvalue weighted by Crippen LogP contribution is -2.38. The monoisotopic (exact) mass is 384 g/mol. The molecule has 0 radical (unpaired) electrons. The summed E-state index contributed by atoms with van der Waals surface area (Å²) in [7, 11) is 0. The van der Waals surface area contributed by atoms with E-state index in [1.807, 2.05) is 6.92 Å². The van der Waals surface area contributed by atoms with Crippen LogP contribution >= 0.6 is 0 Å². The molecular formula is C23H32N2O3. The highest BCUT2D eigenvalue weighted by Crippen LogP contribution is 2.36. The van der Waals surface area contributed by atoms with Gasteiger partial charge in [0.15, 0.2) is 0 Å². The minimum absolute atomic E-state index is 0.0688. The summed E-state index contributed by atoms with van der Waals surface area (Å²) in [5.41, 5.74) is 2.11. The summed E-state index contributed by atoms with van der Waals surface area (Å²) >= 11 is 0. The van der Waals surface area contributed by atoms with Crippen molar-refractivity contribution in [2.24, 2.45) is 0 Å². The molecule has 2 aliphatic rings. The summed E-state index contributed by atoms with van der Waals surface area (Å²) < 4.78 is 5.93. The van der Waals surface area contributed by atoms with E-state index in [9.17, 15) is 9.90 Å². The van der Waals surface area contributed by atoms with E-state index in [1.165, 1.54) is 32.1 Å². The second-order valence-corrected chi connectivity index (χ2v) is 8.45. The molecule has 1 saturated carbocycles. The van der Waals surface area contributed by atoms with Crippen LogP contribution in [0.2, 0.25) is 0 Å². The highest BCUT2D eigenvalue weighted by molar-refractivity contribution is 6.09. The molecule has 1 aliphatic heterocycles. The number of benzene rings is 1. The zero-order valence-electron chi connectivity index (χ0n) is 17.1. The summed E-state index contributed by atoms with van der Waals surface area (Å²) in [6.45, 7) is 5.77. The number of phenols is 1. The summed E-state index contributed by atoms with van der Waals surface area (Å²) in [5, 5.41) is 14.7. The van der Waals surface area contributed by atoms with Gasteiger partial charge in [0.05, 0.1) is 5.56 Å². The molecule has 1 aliphatic carbocycles. The van der Waals surface area contributed by atoms with Gasteiger partial charge in [0, 0.05) is 29.6 Å². The molecule has 1 amide bonds. The Morgan fingerprint density at radius 3 is 2.71 bits per heavy atom. The molecule has 2 heterocycles. The number of amides is 1. The lowest BCUT2D eigenvalue weighted by Gasteiger charge is -2.35. The fourth-order valence-corrected chi connectivity index (χ4v) is 5.06. The van der Waals surface area contributed by atoms with Crippen molar-refractivity contribution < 1.29 is 14.3 Å². The van der Waals surface area contributed by atoms with Crippen LogP contribution in [0.3, 0.4) is 0 Å². The van der Waals surface area contributed by atoms with Crippen LogP contribution in [0.15, 0.2) is 16.5 Å². The van der Waals surface area contributed by atoms with Crippen molar-refractivity contribution in [1.82, 2.24) is 10.2 Å². The van der Waals surface area contributed by atoms with Gasteiger partial charge >= 0.3 is 0 Å². The first-order valence-electron chi connectivity index (χ1n) is 10.9. The summed E-state index contributed by atoms with van der Waals surface area (Å²) in [5.74, 6) is 0.812. The van der Waals surface area contributed by atoms with Crippen molar-refractivity contribution in [3.63, 3.8) is 0 Å². The summed E-state index contributed by atoms with van der Waals surface area (Å²) in [4.78, 5) is 15.6. The minimum atomic E-state index is -0.0688. The van der Waals surface area contributed by atoms with Gasteiger partial charge < -0.3 is 14.8 Å². The van der Waals surface area contributed by atoms with Crippen molar-refractivity contribution in [2.45, 2.75) is 83.8 Å². The van der Waals surface area contributed by atoms with Gasteiger partial charge in [-0.1, -0.05) is 26.2 Å². The maximum atomic E-state index is 13.1. The van der Waals surface area contributed by atoms with Crippen LogP contribution < -0.4 is 5.32 Å². The number of carbonyl (C=O) groups is 1. The van der Waals surface area contributed by atoms with Gasteiger partial charge in [0.2, 0.25) is 0 Å². The van der Waals surface area contributed by atoms with Crippen LogP contribution in [0, 0.1) is 6.92 Å². The number of phenolic OH excluding ortho intramolecular Hbond substituents is 1. The third kappa shape index (κ3) is 3.64. The number of fused-ring (bicyclic) bond motifs is 1. The zero-order valence-corrected chi connectivity index (χ0v) is 17.1. The normalized spacial score (nSPS) is 21.4. The molecule has 2 N–H and O–H groups in total. The van der Waals surface area contributed by atoms with Crippen molar-refractivity contribution in [3.05, 3.63) is 29.0 Å². The Hall–Kier alpha value is -2.01. The molecule has 5 nitrogen and oxygen atoms in total. The van der Waals surface area contributed by atoms with E-state index in [-0.39, 0.29) is 17.7 Å². The highest BCUT2D eigenvalue weighted by atomic mass is 16.3. The van der Waals surface area contributed by atoms with Crippen molar-refractivity contribution in [2.75, 3.05) is 6.54 Å². The SMILES string of the molecule is CC[C@@H]1CCCCN1Cc1c(O)ccc2oc(C)c(C(=O)NC3CCCC3)c12. The first-order valence-corrected chi connectivity index (χ1v) is 10.9. The molecule has 0 bridgehead atoms. The molecule has 5 heteroatoms. The largest absolute Gasteiger partial charge is 0.508 e. The molecule has 0 spiro atoms. The quantitative estimate of drug-likeness (QED) is 0.771. The number of piperidine rings is 1. The Bertz CT molecular complexity index is 851. The Morgan fingerprint density at radius 1 is 1.21 bits per heavy atom. The van der Waals surface area contributed by atoms with Crippen LogP contribution in [-0.4, -0.2) is 34.5 Å². The first-order chi connectivity index (χ1) is 13.6. The lowest BCUT2D eigenvalue weighted by molar-refractivity contribution is 0.0937. The number of furan rings is 1. The Balaban J connectivity index is 1.71. The standard InChI is InChI=1S/C23H32N2O3/c1-3-17-10-6-7-13-25(17)14-18-19(26)11-12-20-22(18)21(15(2)28-20)23(27)24-16-8-4-5-9-16/h11-12,16-17,26H,3-10,13-14H2,1-2H3,(H,24,27)/t17-/m1/s1. The van der Waals surface area contributed by atoms with E-state index in [2.05, 4.69) is 17.1 Å². The second-order valence-electron chi connectivity index (χ2n) is 8.45. The maximum Gasteiger partial charge on any atom is 0.255 e. The number of nitrogens with one attached hydrogen (secondary N) is 1. The Morgan fingerprint density at radius 2 is 1.96 bits per heavy atom. The number of hydrogen-bond acceptors (Lipinski definition) is 4. The molecule has 28 heavy (non-hydrogen) atoms. The van der Waals surface area contributed by atoms with E-state index in [4.69, 9.17) is 4.42 Å². The predicted octanol–water partition coefficient (Wildman–Crippen LogP) is 4.88. The van der Waals surface area contributed by atoms with E-state index in [1.54, 1.807) is 12.1 Å². The zero-order chi connectivity index (χ0) is 19.7. The predicted molar refractivity (Wildman–Crippen MR) is 111 cm³/mol. The van der Waals surface area contributed by atoms with E-state index in [0.29, 0.717) is 29.5 Å². The smallest absolute Gasteiger partial charge is 0.255 e. The third-order valence-electron chi connectivity index (χ3n) is 6.61. The van der Waals surface area contributed by atoms with Gasteiger partial charge in [-0.25, -0.2) is 0 Å². The number of likely N-dealkylation sites (tertiary alicyclic amines) is 1. The Labute approximate surface area is 167 Å². The van der Waals surface area contributed by atoms with Crippen LogP contribution in [0.4, 0.5) is 0 Å². The van der Waals surface area contributed by atoms with Crippen LogP contribution in [-0.2, 0) is 6.54 Å². The molecule has 1 atom stereocenters. The van der Waals surface area contributed by atoms with E-state index >= 15 is 0 Å². The van der Waals surface area contributed by atoms with Crippen molar-refractivity contribution >= 4 is 16.9 Å². The number of rotatable bonds is 5. The molecule has 2 fully saturated rings. The van der Waals surface area contributed by atoms with Gasteiger partial charge in [0.25, 0.3) is 5.91 Å². The maximum absolute atomic E-state index is 13.1. The number of aromatic hydroxyl groups is 1. The number of nitrogens with zero attached hydrogens (tertiary/aromatic N) is 1. The van der Waals surface area contributed by atoms with Gasteiger partial charge in [-0.3, -0.25) is 9.69 Å². The average molecular weight is 385 g/mol. The second kappa shape index (κ2) is 8.16. The Kier molecular flexibility index (Phi) is 5.63. The minimum Gasteiger partial charge on any atom is -0.508 e. The van der Waals surface area contributed by atoms with Gasteiger partial charge in [0.1, 0.15) is 17.1 Å². The lowest BCUT2D eigenvalue weighted by atomic mass is 9.97. The molecule has 0 unspecified atom stereocenters. The fraction of sp³-hybridized carbons (Fsp3) is 0.609. The number of carbonyl (C=O) groups excluding carboxylic acids is 1. The molecule has 4 rings (SSSR count). The van der Waals surface area contributed by atoms with Crippen molar-refractivity contribution in [1.29, 1.82) is 0 Å². The number of aryl methyl sites for hydroxylation is 1. The van der Waals surface area contributed by atoms with Crippen LogP contribution in [0.5, 0.6) is 5.75 Å². The third-order valence-corrected chi connectivity index (χ3v) is 6.61. The molecule has 152 valence electrons. The number of hydrogen-bond donors (Lipinski definition) is 2. The van der Waals surface area contributed by atoms with E-state index < -0.39 is 0 Å².